The zero-order chi connectivity index (χ0) is 12.4. The molecule has 0 amide bonds. The monoisotopic (exact) mass is 234 g/mol. The summed E-state index contributed by atoms with van der Waals surface area (Å²) in [6.07, 6.45) is 2.51. The third kappa shape index (κ3) is 2.69. The molecular formula is C13H22N4. The van der Waals surface area contributed by atoms with Gasteiger partial charge in [-0.05, 0) is 45.5 Å². The summed E-state index contributed by atoms with van der Waals surface area (Å²) in [7, 11) is 4.31. The number of likely N-dealkylation sites (tertiary alicyclic amines) is 1. The van der Waals surface area contributed by atoms with E-state index in [2.05, 4.69) is 28.9 Å². The van der Waals surface area contributed by atoms with Crippen LogP contribution in [0.5, 0.6) is 0 Å². The van der Waals surface area contributed by atoms with E-state index in [4.69, 9.17) is 5.73 Å². The molecule has 1 saturated heterocycles. The van der Waals surface area contributed by atoms with Crippen molar-refractivity contribution in [3.8, 4) is 0 Å². The first-order valence-electron chi connectivity index (χ1n) is 6.22. The first-order valence-corrected chi connectivity index (χ1v) is 6.22. The largest absolute Gasteiger partial charge is 0.397 e. The standard InChI is InChI=1S/C13H22N4/c1-10-12(14)6-7-13(15-10)17(3)11-5-4-8-16(2)9-11/h6-7,11H,4-5,8-9,14H2,1-3H3. The maximum absolute atomic E-state index is 5.80. The zero-order valence-corrected chi connectivity index (χ0v) is 11.0. The number of hydrogen-bond donors (Lipinski definition) is 1. The van der Waals surface area contributed by atoms with E-state index >= 15 is 0 Å². The molecule has 0 radical (unpaired) electrons. The highest BCUT2D eigenvalue weighted by Gasteiger charge is 2.22. The van der Waals surface area contributed by atoms with Gasteiger partial charge in [-0.1, -0.05) is 0 Å². The van der Waals surface area contributed by atoms with Crippen LogP contribution in [-0.4, -0.2) is 43.1 Å². The average Bonchev–Trinajstić information content (AvgIpc) is 2.32. The van der Waals surface area contributed by atoms with Crippen LogP contribution < -0.4 is 10.6 Å². The molecule has 2 rings (SSSR count). The molecule has 1 aromatic rings. The van der Waals surface area contributed by atoms with E-state index < -0.39 is 0 Å². The maximum Gasteiger partial charge on any atom is 0.128 e. The van der Waals surface area contributed by atoms with E-state index in [9.17, 15) is 0 Å². The van der Waals surface area contributed by atoms with Gasteiger partial charge in [0.15, 0.2) is 0 Å². The maximum atomic E-state index is 5.80. The van der Waals surface area contributed by atoms with E-state index in [1.807, 2.05) is 19.1 Å². The topological polar surface area (TPSA) is 45.4 Å². The number of likely N-dealkylation sites (N-methyl/N-ethyl adjacent to an activating group) is 2. The van der Waals surface area contributed by atoms with Crippen LogP contribution in [0.2, 0.25) is 0 Å². The Kier molecular flexibility index (Phi) is 3.52. The van der Waals surface area contributed by atoms with Crippen LogP contribution in [0.25, 0.3) is 0 Å². The molecule has 0 spiro atoms. The van der Waals surface area contributed by atoms with Crippen LogP contribution in [0.3, 0.4) is 0 Å². The van der Waals surface area contributed by atoms with Gasteiger partial charge < -0.3 is 15.5 Å². The molecule has 4 nitrogen and oxygen atoms in total. The van der Waals surface area contributed by atoms with Crippen molar-refractivity contribution in [1.82, 2.24) is 9.88 Å². The highest BCUT2D eigenvalue weighted by atomic mass is 15.2. The van der Waals surface area contributed by atoms with Crippen molar-refractivity contribution in [3.05, 3.63) is 17.8 Å². The summed E-state index contributed by atoms with van der Waals surface area (Å²) < 4.78 is 0. The summed E-state index contributed by atoms with van der Waals surface area (Å²) in [6.45, 7) is 4.28. The lowest BCUT2D eigenvalue weighted by Gasteiger charge is -2.36. The number of nitrogens with zero attached hydrogens (tertiary/aromatic N) is 3. The van der Waals surface area contributed by atoms with Crippen LogP contribution in [0, 0.1) is 6.92 Å². The second kappa shape index (κ2) is 4.92. The fraction of sp³-hybridized carbons (Fsp3) is 0.615. The molecule has 0 aromatic carbocycles. The van der Waals surface area contributed by atoms with Crippen molar-refractivity contribution >= 4 is 11.5 Å². The molecule has 1 unspecified atom stereocenters. The average molecular weight is 234 g/mol. The zero-order valence-electron chi connectivity index (χ0n) is 11.0. The van der Waals surface area contributed by atoms with Crippen LogP contribution in [-0.2, 0) is 0 Å². The first-order chi connectivity index (χ1) is 8.08. The molecular weight excluding hydrogens is 212 g/mol. The number of piperidine rings is 1. The van der Waals surface area contributed by atoms with E-state index in [0.29, 0.717) is 6.04 Å². The Balaban J connectivity index is 2.12. The van der Waals surface area contributed by atoms with Gasteiger partial charge in [0.25, 0.3) is 0 Å². The molecule has 0 saturated carbocycles. The predicted molar refractivity (Wildman–Crippen MR) is 72.3 cm³/mol. The Morgan fingerprint density at radius 1 is 1.47 bits per heavy atom. The van der Waals surface area contributed by atoms with Gasteiger partial charge in [0, 0.05) is 19.6 Å². The second-order valence-corrected chi connectivity index (χ2v) is 5.01. The Morgan fingerprint density at radius 2 is 2.24 bits per heavy atom. The van der Waals surface area contributed by atoms with Gasteiger partial charge in [-0.3, -0.25) is 0 Å². The number of nitrogens with two attached hydrogens (primary N) is 1. The number of rotatable bonds is 2. The molecule has 2 N–H and O–H groups in total. The molecule has 94 valence electrons. The van der Waals surface area contributed by atoms with Crippen LogP contribution in [0.15, 0.2) is 12.1 Å². The van der Waals surface area contributed by atoms with Gasteiger partial charge in [0.05, 0.1) is 11.4 Å². The van der Waals surface area contributed by atoms with Crippen molar-refractivity contribution in [2.75, 3.05) is 37.8 Å². The van der Waals surface area contributed by atoms with Crippen molar-refractivity contribution in [2.24, 2.45) is 0 Å². The number of nitrogen functional groups attached to an aromatic ring is 1. The number of hydrogen-bond acceptors (Lipinski definition) is 4. The summed E-state index contributed by atoms with van der Waals surface area (Å²) in [4.78, 5) is 9.22. The number of anilines is 2. The minimum Gasteiger partial charge on any atom is -0.397 e. The van der Waals surface area contributed by atoms with Crippen LogP contribution in [0.1, 0.15) is 18.5 Å². The predicted octanol–water partition coefficient (Wildman–Crippen LogP) is 1.50. The van der Waals surface area contributed by atoms with Crippen molar-refractivity contribution in [3.63, 3.8) is 0 Å². The highest BCUT2D eigenvalue weighted by molar-refractivity contribution is 5.50. The first kappa shape index (κ1) is 12.2. The van der Waals surface area contributed by atoms with Crippen LogP contribution in [0.4, 0.5) is 11.5 Å². The number of aryl methyl sites for hydroxylation is 1. The summed E-state index contributed by atoms with van der Waals surface area (Å²) >= 11 is 0. The van der Waals surface area contributed by atoms with Gasteiger partial charge in [-0.2, -0.15) is 0 Å². The molecule has 1 aliphatic heterocycles. The second-order valence-electron chi connectivity index (χ2n) is 5.01. The molecule has 1 fully saturated rings. The van der Waals surface area contributed by atoms with Gasteiger partial charge >= 0.3 is 0 Å². The molecule has 0 bridgehead atoms. The van der Waals surface area contributed by atoms with E-state index in [1.54, 1.807) is 0 Å². The SMILES string of the molecule is Cc1nc(N(C)C2CCCN(C)C2)ccc1N. The molecule has 0 aliphatic carbocycles. The lowest BCUT2D eigenvalue weighted by molar-refractivity contribution is 0.247. The minimum absolute atomic E-state index is 0.560. The number of pyridine rings is 1. The highest BCUT2D eigenvalue weighted by Crippen LogP contribution is 2.21. The lowest BCUT2D eigenvalue weighted by Crippen LogP contribution is -2.45. The van der Waals surface area contributed by atoms with E-state index in [1.165, 1.54) is 19.4 Å². The Bertz CT molecular complexity index is 391. The summed E-state index contributed by atoms with van der Waals surface area (Å²) in [5, 5.41) is 0. The van der Waals surface area contributed by atoms with Gasteiger partial charge in [-0.15, -0.1) is 0 Å². The van der Waals surface area contributed by atoms with E-state index in [-0.39, 0.29) is 0 Å². The summed E-state index contributed by atoms with van der Waals surface area (Å²) in [5.41, 5.74) is 7.48. The summed E-state index contributed by atoms with van der Waals surface area (Å²) in [5.74, 6) is 1.03. The fourth-order valence-electron chi connectivity index (χ4n) is 2.40. The quantitative estimate of drug-likeness (QED) is 0.842. The van der Waals surface area contributed by atoms with E-state index in [0.717, 1.165) is 23.7 Å². The van der Waals surface area contributed by atoms with Gasteiger partial charge in [0.1, 0.15) is 5.82 Å². The molecule has 4 heteroatoms. The van der Waals surface area contributed by atoms with Crippen LogP contribution >= 0.6 is 0 Å². The third-order valence-corrected chi connectivity index (χ3v) is 3.62. The van der Waals surface area contributed by atoms with Gasteiger partial charge in [0.2, 0.25) is 0 Å². The van der Waals surface area contributed by atoms with Crippen molar-refractivity contribution in [2.45, 2.75) is 25.8 Å². The molecule has 17 heavy (non-hydrogen) atoms. The Labute approximate surface area is 103 Å². The van der Waals surface area contributed by atoms with Crippen molar-refractivity contribution < 1.29 is 0 Å². The lowest BCUT2D eigenvalue weighted by atomic mass is 10.1. The molecule has 1 aromatic heterocycles. The summed E-state index contributed by atoms with van der Waals surface area (Å²) in [6, 6.07) is 4.52. The number of aromatic nitrogens is 1. The molecule has 2 heterocycles. The fourth-order valence-corrected chi connectivity index (χ4v) is 2.40. The third-order valence-electron chi connectivity index (χ3n) is 3.62. The smallest absolute Gasteiger partial charge is 0.128 e. The Hall–Kier alpha value is -1.29. The minimum atomic E-state index is 0.560. The normalized spacial score (nSPS) is 21.5. The van der Waals surface area contributed by atoms with Gasteiger partial charge in [-0.25, -0.2) is 4.98 Å². The molecule has 1 atom stereocenters. The Morgan fingerprint density at radius 3 is 2.88 bits per heavy atom. The molecule has 1 aliphatic rings. The van der Waals surface area contributed by atoms with Crippen molar-refractivity contribution in [1.29, 1.82) is 0 Å².